The summed E-state index contributed by atoms with van der Waals surface area (Å²) in [4.78, 5) is 14.7. The lowest BCUT2D eigenvalue weighted by atomic mass is 10.1. The quantitative estimate of drug-likeness (QED) is 0.581. The zero-order valence-electron chi connectivity index (χ0n) is 17.0. The van der Waals surface area contributed by atoms with Crippen LogP contribution in [0.15, 0.2) is 83.8 Å². The maximum Gasteiger partial charge on any atom is 0.261 e. The van der Waals surface area contributed by atoms with E-state index >= 15 is 0 Å². The Hall–Kier alpha value is -3.16. The van der Waals surface area contributed by atoms with Crippen LogP contribution >= 0.6 is 0 Å². The Bertz CT molecular complexity index is 1080. The van der Waals surface area contributed by atoms with Crippen LogP contribution in [0, 0.1) is 0 Å². The van der Waals surface area contributed by atoms with Crippen molar-refractivity contribution < 1.29 is 13.2 Å². The first-order valence-corrected chi connectivity index (χ1v) is 11.0. The fraction of sp³-hybridized carbons (Fsp3) is 0.174. The predicted octanol–water partition coefficient (Wildman–Crippen LogP) is 3.48. The van der Waals surface area contributed by atoms with Crippen molar-refractivity contribution in [1.82, 2.24) is 10.2 Å². The molecule has 0 spiro atoms. The lowest BCUT2D eigenvalue weighted by Gasteiger charge is -2.11. The van der Waals surface area contributed by atoms with Crippen LogP contribution in [-0.4, -0.2) is 33.3 Å². The number of anilines is 1. The van der Waals surface area contributed by atoms with Gasteiger partial charge in [0, 0.05) is 24.3 Å². The van der Waals surface area contributed by atoms with Crippen molar-refractivity contribution in [3.8, 4) is 0 Å². The number of nitrogens with one attached hydrogen (secondary N) is 2. The smallest absolute Gasteiger partial charge is 0.261 e. The molecule has 6 nitrogen and oxygen atoms in total. The molecule has 0 saturated heterocycles. The summed E-state index contributed by atoms with van der Waals surface area (Å²) in [6.07, 6.45) is 0. The number of benzene rings is 3. The van der Waals surface area contributed by atoms with Crippen molar-refractivity contribution >= 4 is 21.6 Å². The Morgan fingerprint density at radius 3 is 2.03 bits per heavy atom. The molecule has 1 amide bonds. The molecule has 156 valence electrons. The van der Waals surface area contributed by atoms with Gasteiger partial charge in [-0.05, 0) is 61.6 Å². The van der Waals surface area contributed by atoms with Crippen LogP contribution in [0.4, 0.5) is 5.69 Å². The van der Waals surface area contributed by atoms with Crippen molar-refractivity contribution in [2.75, 3.05) is 18.8 Å². The minimum absolute atomic E-state index is 0.184. The maximum absolute atomic E-state index is 12.4. The number of carbonyl (C=O) groups excluding carboxylic acids is 1. The summed E-state index contributed by atoms with van der Waals surface area (Å²) in [5.74, 6) is -0.218. The van der Waals surface area contributed by atoms with Crippen molar-refractivity contribution in [2.45, 2.75) is 18.0 Å². The minimum Gasteiger partial charge on any atom is -0.348 e. The first-order chi connectivity index (χ1) is 14.3. The minimum atomic E-state index is -3.66. The topological polar surface area (TPSA) is 78.5 Å². The highest BCUT2D eigenvalue weighted by molar-refractivity contribution is 7.92. The second-order valence-electron chi connectivity index (χ2n) is 7.23. The van der Waals surface area contributed by atoms with Gasteiger partial charge in [0.2, 0.25) is 0 Å². The number of amides is 1. The molecular formula is C23H25N3O3S. The number of carbonyl (C=O) groups is 1. The van der Waals surface area contributed by atoms with Gasteiger partial charge in [0.05, 0.1) is 4.90 Å². The summed E-state index contributed by atoms with van der Waals surface area (Å²) < 4.78 is 27.3. The molecule has 2 N–H and O–H groups in total. The van der Waals surface area contributed by atoms with Crippen LogP contribution in [0.5, 0.6) is 0 Å². The summed E-state index contributed by atoms with van der Waals surface area (Å²) in [5, 5.41) is 2.88. The molecule has 0 saturated carbocycles. The average molecular weight is 424 g/mol. The van der Waals surface area contributed by atoms with E-state index in [1.165, 1.54) is 17.7 Å². The monoisotopic (exact) mass is 423 g/mol. The second-order valence-corrected chi connectivity index (χ2v) is 8.92. The van der Waals surface area contributed by atoms with Crippen LogP contribution in [0.3, 0.4) is 0 Å². The zero-order chi connectivity index (χ0) is 21.6. The molecule has 3 aromatic rings. The van der Waals surface area contributed by atoms with Gasteiger partial charge in [0.25, 0.3) is 15.9 Å². The molecule has 0 radical (unpaired) electrons. The molecule has 0 fully saturated rings. The summed E-state index contributed by atoms with van der Waals surface area (Å²) in [6.45, 7) is 1.29. The van der Waals surface area contributed by atoms with Crippen molar-refractivity contribution in [2.24, 2.45) is 0 Å². The summed E-state index contributed by atoms with van der Waals surface area (Å²) in [5.41, 5.74) is 3.08. The molecule has 7 heteroatoms. The molecular weight excluding hydrogens is 398 g/mol. The van der Waals surface area contributed by atoms with E-state index in [0.29, 0.717) is 17.8 Å². The lowest BCUT2D eigenvalue weighted by molar-refractivity contribution is 0.0951. The number of rotatable bonds is 8. The average Bonchev–Trinajstić information content (AvgIpc) is 2.73. The highest BCUT2D eigenvalue weighted by Crippen LogP contribution is 2.16. The Morgan fingerprint density at radius 1 is 0.833 bits per heavy atom. The van der Waals surface area contributed by atoms with Gasteiger partial charge < -0.3 is 10.2 Å². The van der Waals surface area contributed by atoms with Gasteiger partial charge in [0.15, 0.2) is 0 Å². The Labute approximate surface area is 177 Å². The van der Waals surface area contributed by atoms with Crippen LogP contribution in [-0.2, 0) is 23.1 Å². The van der Waals surface area contributed by atoms with Crippen LogP contribution < -0.4 is 10.0 Å². The number of hydrogen-bond acceptors (Lipinski definition) is 4. The Kier molecular flexibility index (Phi) is 6.87. The lowest BCUT2D eigenvalue weighted by Crippen LogP contribution is -2.22. The second kappa shape index (κ2) is 9.56. The number of hydrogen-bond donors (Lipinski definition) is 2. The van der Waals surface area contributed by atoms with E-state index < -0.39 is 10.0 Å². The number of sulfonamides is 1. The van der Waals surface area contributed by atoms with Gasteiger partial charge in [0.1, 0.15) is 0 Å². The highest BCUT2D eigenvalue weighted by Gasteiger charge is 2.14. The molecule has 3 aromatic carbocycles. The Balaban J connectivity index is 1.57. The molecule has 0 atom stereocenters. The third-order valence-corrected chi connectivity index (χ3v) is 5.82. The van der Waals surface area contributed by atoms with Gasteiger partial charge in [-0.2, -0.15) is 0 Å². The van der Waals surface area contributed by atoms with E-state index in [9.17, 15) is 13.2 Å². The molecule has 0 bridgehead atoms. The van der Waals surface area contributed by atoms with Gasteiger partial charge in [-0.1, -0.05) is 42.5 Å². The van der Waals surface area contributed by atoms with E-state index in [0.717, 1.165) is 12.1 Å². The van der Waals surface area contributed by atoms with Gasteiger partial charge in [-0.15, -0.1) is 0 Å². The van der Waals surface area contributed by atoms with E-state index in [-0.39, 0.29) is 10.8 Å². The Morgan fingerprint density at radius 2 is 1.43 bits per heavy atom. The van der Waals surface area contributed by atoms with Crippen LogP contribution in [0.25, 0.3) is 0 Å². The highest BCUT2D eigenvalue weighted by atomic mass is 32.2. The van der Waals surface area contributed by atoms with E-state index in [1.54, 1.807) is 42.5 Å². The fourth-order valence-corrected chi connectivity index (χ4v) is 4.00. The van der Waals surface area contributed by atoms with Crippen LogP contribution in [0.1, 0.15) is 21.5 Å². The molecule has 0 aliphatic heterocycles. The van der Waals surface area contributed by atoms with Gasteiger partial charge in [-0.3, -0.25) is 9.52 Å². The summed E-state index contributed by atoms with van der Waals surface area (Å²) in [6, 6.07) is 22.6. The molecule has 0 aliphatic rings. The molecule has 0 unspecified atom stereocenters. The standard InChI is InChI=1S/C23H25N3O3S/c1-26(2)17-19-10-8-18(9-11-19)16-24-23(27)20-12-14-21(15-13-20)25-30(28,29)22-6-4-3-5-7-22/h3-15,25H,16-17H2,1-2H3,(H,24,27). The van der Waals surface area contributed by atoms with Crippen LogP contribution in [0.2, 0.25) is 0 Å². The number of nitrogens with zero attached hydrogens (tertiary/aromatic N) is 1. The largest absolute Gasteiger partial charge is 0.348 e. The normalized spacial score (nSPS) is 11.3. The first kappa shape index (κ1) is 21.5. The van der Waals surface area contributed by atoms with Gasteiger partial charge in [-0.25, -0.2) is 8.42 Å². The SMILES string of the molecule is CN(C)Cc1ccc(CNC(=O)c2ccc(NS(=O)(=O)c3ccccc3)cc2)cc1. The molecule has 0 heterocycles. The first-order valence-electron chi connectivity index (χ1n) is 9.52. The third-order valence-electron chi connectivity index (χ3n) is 4.43. The van der Waals surface area contributed by atoms with Crippen molar-refractivity contribution in [1.29, 1.82) is 0 Å². The van der Waals surface area contributed by atoms with E-state index in [4.69, 9.17) is 0 Å². The van der Waals surface area contributed by atoms with Crippen molar-refractivity contribution in [3.05, 3.63) is 95.6 Å². The summed E-state index contributed by atoms with van der Waals surface area (Å²) >= 11 is 0. The van der Waals surface area contributed by atoms with Gasteiger partial charge >= 0.3 is 0 Å². The fourth-order valence-electron chi connectivity index (χ4n) is 2.92. The van der Waals surface area contributed by atoms with Crippen molar-refractivity contribution in [3.63, 3.8) is 0 Å². The third kappa shape index (κ3) is 5.92. The zero-order valence-corrected chi connectivity index (χ0v) is 17.8. The predicted molar refractivity (Wildman–Crippen MR) is 119 cm³/mol. The molecule has 30 heavy (non-hydrogen) atoms. The molecule has 3 rings (SSSR count). The van der Waals surface area contributed by atoms with E-state index in [1.807, 2.05) is 26.2 Å². The molecule has 0 aromatic heterocycles. The summed E-state index contributed by atoms with van der Waals surface area (Å²) in [7, 11) is 0.382. The molecule has 0 aliphatic carbocycles. The maximum atomic E-state index is 12.4. The van der Waals surface area contributed by atoms with E-state index in [2.05, 4.69) is 27.1 Å².